The molecule has 4 atom stereocenters. The van der Waals surface area contributed by atoms with E-state index in [4.69, 9.17) is 4.84 Å². The minimum absolute atomic E-state index is 0.0559. The Bertz CT molecular complexity index is 898. The minimum atomic E-state index is -4.42. The number of alkyl halides is 3. The monoisotopic (exact) mass is 402 g/mol. The van der Waals surface area contributed by atoms with Gasteiger partial charge in [0.2, 0.25) is 0 Å². The number of carbonyl (C=O) groups is 1. The zero-order chi connectivity index (χ0) is 20.4. The lowest BCUT2D eigenvalue weighted by Gasteiger charge is -2.46. The van der Waals surface area contributed by atoms with Crippen LogP contribution in [0.4, 0.5) is 13.2 Å². The van der Waals surface area contributed by atoms with Crippen LogP contribution in [0.15, 0.2) is 66.7 Å². The second-order valence-corrected chi connectivity index (χ2v) is 7.25. The largest absolute Gasteiger partial charge is 0.416 e. The molecule has 1 fully saturated rings. The van der Waals surface area contributed by atoms with E-state index in [0.717, 1.165) is 17.7 Å². The molecule has 4 rings (SSSR count). The number of hydrogen-bond acceptors (Lipinski definition) is 4. The van der Waals surface area contributed by atoms with Crippen molar-refractivity contribution >= 4 is 5.78 Å². The lowest BCUT2D eigenvalue weighted by atomic mass is 9.92. The number of aryl methyl sites for hydroxylation is 1. The van der Waals surface area contributed by atoms with Crippen molar-refractivity contribution in [1.29, 1.82) is 0 Å². The SMILES string of the molecule is O=C(CCc1ccccc1)C1NO[C@H]2C=CCN1C2c1cccc(C(F)(F)F)c1. The second kappa shape index (κ2) is 8.10. The zero-order valence-corrected chi connectivity index (χ0v) is 15.6. The summed E-state index contributed by atoms with van der Waals surface area (Å²) in [5.74, 6) is -0.0559. The molecule has 0 spiro atoms. The molecule has 3 unspecified atom stereocenters. The molecule has 29 heavy (non-hydrogen) atoms. The summed E-state index contributed by atoms with van der Waals surface area (Å²) in [5.41, 5.74) is 3.64. The topological polar surface area (TPSA) is 41.6 Å². The van der Waals surface area contributed by atoms with Crippen molar-refractivity contribution in [3.63, 3.8) is 0 Å². The summed E-state index contributed by atoms with van der Waals surface area (Å²) in [4.78, 5) is 20.4. The van der Waals surface area contributed by atoms with Gasteiger partial charge >= 0.3 is 6.18 Å². The molecule has 7 heteroatoms. The Morgan fingerprint density at radius 1 is 1.14 bits per heavy atom. The van der Waals surface area contributed by atoms with E-state index in [1.165, 1.54) is 6.07 Å². The predicted molar refractivity (Wildman–Crippen MR) is 102 cm³/mol. The lowest BCUT2D eigenvalue weighted by molar-refractivity contribution is -0.170. The summed E-state index contributed by atoms with van der Waals surface area (Å²) in [6.07, 6.45) is -0.990. The van der Waals surface area contributed by atoms with E-state index >= 15 is 0 Å². The van der Waals surface area contributed by atoms with Crippen molar-refractivity contribution in [2.75, 3.05) is 6.54 Å². The third-order valence-corrected chi connectivity index (χ3v) is 5.32. The normalized spacial score (nSPS) is 26.3. The van der Waals surface area contributed by atoms with Gasteiger partial charge in [-0.2, -0.15) is 18.7 Å². The average molecular weight is 402 g/mol. The van der Waals surface area contributed by atoms with E-state index in [1.807, 2.05) is 47.4 Å². The maximum Gasteiger partial charge on any atom is 0.416 e. The summed E-state index contributed by atoms with van der Waals surface area (Å²) >= 11 is 0. The first-order valence-corrected chi connectivity index (χ1v) is 9.51. The molecule has 4 nitrogen and oxygen atoms in total. The average Bonchev–Trinajstić information content (AvgIpc) is 2.72. The van der Waals surface area contributed by atoms with E-state index in [2.05, 4.69) is 5.48 Å². The fourth-order valence-electron chi connectivity index (χ4n) is 3.88. The van der Waals surface area contributed by atoms with Crippen LogP contribution in [0, 0.1) is 0 Å². The van der Waals surface area contributed by atoms with Crippen LogP contribution < -0.4 is 5.48 Å². The molecule has 0 aliphatic carbocycles. The van der Waals surface area contributed by atoms with Crippen LogP contribution in [0.3, 0.4) is 0 Å². The highest BCUT2D eigenvalue weighted by molar-refractivity contribution is 5.84. The first-order chi connectivity index (χ1) is 13.9. The number of rotatable bonds is 5. The highest BCUT2D eigenvalue weighted by Gasteiger charge is 2.43. The van der Waals surface area contributed by atoms with Crippen molar-refractivity contribution in [3.05, 3.63) is 83.4 Å². The van der Waals surface area contributed by atoms with Gasteiger partial charge in [0.1, 0.15) is 12.3 Å². The number of Topliss-reactive ketones (excluding diaryl/α,β-unsaturated/α-hetero) is 1. The molecule has 2 aliphatic heterocycles. The van der Waals surface area contributed by atoms with E-state index in [9.17, 15) is 18.0 Å². The van der Waals surface area contributed by atoms with Gasteiger partial charge in [-0.3, -0.25) is 14.5 Å². The fourth-order valence-corrected chi connectivity index (χ4v) is 3.88. The number of halogens is 3. The van der Waals surface area contributed by atoms with Gasteiger partial charge < -0.3 is 0 Å². The van der Waals surface area contributed by atoms with E-state index in [0.29, 0.717) is 24.9 Å². The van der Waals surface area contributed by atoms with Gasteiger partial charge in [0.05, 0.1) is 11.6 Å². The Morgan fingerprint density at radius 3 is 2.69 bits per heavy atom. The van der Waals surface area contributed by atoms with Gasteiger partial charge in [-0.1, -0.05) is 54.6 Å². The number of nitrogens with one attached hydrogen (secondary N) is 1. The van der Waals surface area contributed by atoms with Crippen molar-refractivity contribution in [2.24, 2.45) is 0 Å². The van der Waals surface area contributed by atoms with Crippen LogP contribution in [0.25, 0.3) is 0 Å². The molecular weight excluding hydrogens is 381 g/mol. The number of hydroxylamine groups is 1. The highest BCUT2D eigenvalue weighted by atomic mass is 19.4. The molecule has 1 N–H and O–H groups in total. The highest BCUT2D eigenvalue weighted by Crippen LogP contribution is 2.37. The van der Waals surface area contributed by atoms with E-state index < -0.39 is 30.1 Å². The summed E-state index contributed by atoms with van der Waals surface area (Å²) < 4.78 is 39.5. The molecule has 2 aromatic carbocycles. The van der Waals surface area contributed by atoms with Crippen LogP contribution in [0.5, 0.6) is 0 Å². The second-order valence-electron chi connectivity index (χ2n) is 7.25. The standard InChI is InChI=1S/C22H21F3N2O2/c23-22(24,25)17-9-4-8-16(14-17)20-19-10-5-13-27(20)21(26-29-19)18(28)12-11-15-6-2-1-3-7-15/h1-10,14,19-21,26H,11-13H2/t19-,20?,21?/m0/s1. The van der Waals surface area contributed by atoms with Gasteiger partial charge in [0.25, 0.3) is 0 Å². The van der Waals surface area contributed by atoms with Gasteiger partial charge in [-0.05, 0) is 29.7 Å². The van der Waals surface area contributed by atoms with Gasteiger partial charge in [0, 0.05) is 13.0 Å². The molecule has 2 heterocycles. The number of hydrogen-bond donors (Lipinski definition) is 1. The molecular formula is C22H21F3N2O2. The van der Waals surface area contributed by atoms with E-state index in [1.54, 1.807) is 6.07 Å². The minimum Gasteiger partial charge on any atom is -0.296 e. The van der Waals surface area contributed by atoms with Crippen molar-refractivity contribution in [2.45, 2.75) is 37.3 Å². The number of ketones is 1. The Morgan fingerprint density at radius 2 is 1.93 bits per heavy atom. The van der Waals surface area contributed by atoms with Gasteiger partial charge in [0.15, 0.2) is 5.78 Å². The maximum absolute atomic E-state index is 13.2. The molecule has 0 radical (unpaired) electrons. The van der Waals surface area contributed by atoms with E-state index in [-0.39, 0.29) is 5.78 Å². The summed E-state index contributed by atoms with van der Waals surface area (Å²) in [6.45, 7) is 0.454. The molecule has 2 bridgehead atoms. The van der Waals surface area contributed by atoms with Crippen LogP contribution in [-0.2, 0) is 22.2 Å². The molecule has 1 saturated heterocycles. The quantitative estimate of drug-likeness (QED) is 0.767. The molecule has 0 amide bonds. The predicted octanol–water partition coefficient (Wildman–Crippen LogP) is 4.05. The third kappa shape index (κ3) is 4.27. The zero-order valence-electron chi connectivity index (χ0n) is 15.6. The first kappa shape index (κ1) is 19.8. The molecule has 2 aromatic rings. The Balaban J connectivity index is 1.55. The van der Waals surface area contributed by atoms with Crippen LogP contribution in [0.2, 0.25) is 0 Å². The number of fused-ring (bicyclic) bond motifs is 2. The molecule has 152 valence electrons. The third-order valence-electron chi connectivity index (χ3n) is 5.32. The first-order valence-electron chi connectivity index (χ1n) is 9.51. The molecule has 2 aliphatic rings. The smallest absolute Gasteiger partial charge is 0.296 e. The Hall–Kier alpha value is -2.48. The van der Waals surface area contributed by atoms with Crippen molar-refractivity contribution in [1.82, 2.24) is 10.4 Å². The fraction of sp³-hybridized carbons (Fsp3) is 0.318. The van der Waals surface area contributed by atoms with Crippen molar-refractivity contribution in [3.8, 4) is 0 Å². The van der Waals surface area contributed by atoms with Crippen LogP contribution >= 0.6 is 0 Å². The van der Waals surface area contributed by atoms with Crippen LogP contribution in [0.1, 0.15) is 29.2 Å². The van der Waals surface area contributed by atoms with Crippen molar-refractivity contribution < 1.29 is 22.8 Å². The maximum atomic E-state index is 13.2. The lowest BCUT2D eigenvalue weighted by Crippen LogP contribution is -2.61. The van der Waals surface area contributed by atoms with Gasteiger partial charge in [-0.15, -0.1) is 0 Å². The van der Waals surface area contributed by atoms with Gasteiger partial charge in [-0.25, -0.2) is 0 Å². The van der Waals surface area contributed by atoms with Crippen LogP contribution in [-0.4, -0.2) is 29.5 Å². The molecule has 0 saturated carbocycles. The number of carbonyl (C=O) groups excluding carboxylic acids is 1. The Labute approximate surface area is 166 Å². The summed E-state index contributed by atoms with van der Waals surface area (Å²) in [7, 11) is 0. The summed E-state index contributed by atoms with van der Waals surface area (Å²) in [6, 6.07) is 14.5. The number of nitrogens with zero attached hydrogens (tertiary/aromatic N) is 1. The number of benzene rings is 2. The Kier molecular flexibility index (Phi) is 5.54. The summed E-state index contributed by atoms with van der Waals surface area (Å²) in [5, 5.41) is 0. The molecule has 0 aromatic heterocycles.